The van der Waals surface area contributed by atoms with Gasteiger partial charge in [-0.2, -0.15) is 5.10 Å². The molecule has 88 valence electrons. The molecule has 0 aromatic carbocycles. The normalized spacial score (nSPS) is 17.8. The van der Waals surface area contributed by atoms with Crippen molar-refractivity contribution in [1.29, 1.82) is 0 Å². The van der Waals surface area contributed by atoms with Gasteiger partial charge in [0.1, 0.15) is 5.82 Å². The number of carbonyl (C=O) groups excluding carboxylic acids is 1. The molecule has 0 amide bonds. The van der Waals surface area contributed by atoms with Crippen molar-refractivity contribution in [3.63, 3.8) is 0 Å². The first-order valence-corrected chi connectivity index (χ1v) is 5.87. The van der Waals surface area contributed by atoms with E-state index in [-0.39, 0.29) is 0 Å². The molecule has 1 saturated heterocycles. The maximum atomic E-state index is 11.1. The first-order valence-electron chi connectivity index (χ1n) is 5.87. The largest absolute Gasteiger partial charge is 0.356 e. The smallest absolute Gasteiger partial charge is 0.155 e. The van der Waals surface area contributed by atoms with E-state index in [0.29, 0.717) is 0 Å². The summed E-state index contributed by atoms with van der Waals surface area (Å²) in [6.45, 7) is 6.23. The van der Waals surface area contributed by atoms with Crippen LogP contribution < -0.4 is 4.90 Å². The predicted octanol–water partition coefficient (Wildman–Crippen LogP) is 1.78. The molecule has 1 aromatic heterocycles. The molecule has 4 heteroatoms. The van der Waals surface area contributed by atoms with E-state index >= 15 is 0 Å². The van der Waals surface area contributed by atoms with E-state index in [0.717, 1.165) is 42.4 Å². The van der Waals surface area contributed by atoms with Crippen LogP contribution in [0, 0.1) is 12.8 Å². The first kappa shape index (κ1) is 11.2. The number of hydrogen-bond acceptors (Lipinski definition) is 3. The second-order valence-electron chi connectivity index (χ2n) is 4.73. The molecular formula is C12H19N3O. The van der Waals surface area contributed by atoms with Crippen LogP contribution in [-0.2, 0) is 7.05 Å². The Hall–Kier alpha value is -1.32. The van der Waals surface area contributed by atoms with Crippen molar-refractivity contribution < 1.29 is 4.79 Å². The van der Waals surface area contributed by atoms with Crippen LogP contribution in [0.1, 0.15) is 35.8 Å². The molecule has 1 aliphatic heterocycles. The lowest BCUT2D eigenvalue weighted by Gasteiger charge is -2.32. The summed E-state index contributed by atoms with van der Waals surface area (Å²) in [5, 5.41) is 4.32. The fraction of sp³-hybridized carbons (Fsp3) is 0.667. The van der Waals surface area contributed by atoms with Gasteiger partial charge in [0.2, 0.25) is 0 Å². The minimum atomic E-state index is 0.747. The summed E-state index contributed by atoms with van der Waals surface area (Å²) < 4.78 is 1.83. The van der Waals surface area contributed by atoms with Crippen LogP contribution in [0.25, 0.3) is 0 Å². The standard InChI is InChI=1S/C12H19N3O/c1-9-4-6-15(7-5-9)12-11(8-16)10(2)13-14(12)3/h8-9H,4-7H2,1-3H3. The summed E-state index contributed by atoms with van der Waals surface area (Å²) in [5.41, 5.74) is 1.57. The monoisotopic (exact) mass is 221 g/mol. The SMILES string of the molecule is Cc1nn(C)c(N2CCC(C)CC2)c1C=O. The Morgan fingerprint density at radius 2 is 2.00 bits per heavy atom. The molecule has 2 heterocycles. The van der Waals surface area contributed by atoms with Gasteiger partial charge in [-0.05, 0) is 25.7 Å². The number of hydrogen-bond donors (Lipinski definition) is 0. The van der Waals surface area contributed by atoms with Gasteiger partial charge in [0.05, 0.1) is 11.3 Å². The fourth-order valence-corrected chi connectivity index (χ4v) is 2.40. The summed E-state index contributed by atoms with van der Waals surface area (Å²) >= 11 is 0. The van der Waals surface area contributed by atoms with Gasteiger partial charge in [0.15, 0.2) is 6.29 Å². The van der Waals surface area contributed by atoms with E-state index in [2.05, 4.69) is 16.9 Å². The third kappa shape index (κ3) is 1.84. The minimum Gasteiger partial charge on any atom is -0.356 e. The van der Waals surface area contributed by atoms with Crippen molar-refractivity contribution in [1.82, 2.24) is 9.78 Å². The lowest BCUT2D eigenvalue weighted by Crippen LogP contribution is -2.34. The zero-order valence-corrected chi connectivity index (χ0v) is 10.2. The molecule has 16 heavy (non-hydrogen) atoms. The number of aldehydes is 1. The fourth-order valence-electron chi connectivity index (χ4n) is 2.40. The third-order valence-electron chi connectivity index (χ3n) is 3.44. The molecule has 2 rings (SSSR count). The second-order valence-corrected chi connectivity index (χ2v) is 4.73. The van der Waals surface area contributed by atoms with Crippen LogP contribution in [0.2, 0.25) is 0 Å². The molecule has 0 N–H and O–H groups in total. The summed E-state index contributed by atoms with van der Waals surface area (Å²) in [6.07, 6.45) is 3.32. The lowest BCUT2D eigenvalue weighted by atomic mass is 9.99. The highest BCUT2D eigenvalue weighted by Gasteiger charge is 2.22. The van der Waals surface area contributed by atoms with Crippen molar-refractivity contribution in [2.45, 2.75) is 26.7 Å². The highest BCUT2D eigenvalue weighted by Crippen LogP contribution is 2.26. The Balaban J connectivity index is 2.29. The van der Waals surface area contributed by atoms with Gasteiger partial charge in [-0.1, -0.05) is 6.92 Å². The molecule has 4 nitrogen and oxygen atoms in total. The number of nitrogens with zero attached hydrogens (tertiary/aromatic N) is 3. The Labute approximate surface area is 96.2 Å². The van der Waals surface area contributed by atoms with Crippen LogP contribution in [0.5, 0.6) is 0 Å². The maximum Gasteiger partial charge on any atom is 0.155 e. The molecule has 0 atom stereocenters. The number of carbonyl (C=O) groups is 1. The Morgan fingerprint density at radius 1 is 1.38 bits per heavy atom. The van der Waals surface area contributed by atoms with E-state index in [1.165, 1.54) is 12.8 Å². The van der Waals surface area contributed by atoms with Crippen molar-refractivity contribution in [3.8, 4) is 0 Å². The Kier molecular flexibility index (Phi) is 2.99. The lowest BCUT2D eigenvalue weighted by molar-refractivity contribution is 0.112. The van der Waals surface area contributed by atoms with E-state index in [9.17, 15) is 4.79 Å². The van der Waals surface area contributed by atoms with E-state index < -0.39 is 0 Å². The van der Waals surface area contributed by atoms with Gasteiger partial charge in [0, 0.05) is 20.1 Å². The Morgan fingerprint density at radius 3 is 2.56 bits per heavy atom. The molecule has 0 aliphatic carbocycles. The van der Waals surface area contributed by atoms with Crippen LogP contribution in [-0.4, -0.2) is 29.2 Å². The quantitative estimate of drug-likeness (QED) is 0.714. The van der Waals surface area contributed by atoms with Crippen molar-refractivity contribution in [3.05, 3.63) is 11.3 Å². The maximum absolute atomic E-state index is 11.1. The van der Waals surface area contributed by atoms with Gasteiger partial charge < -0.3 is 4.90 Å². The van der Waals surface area contributed by atoms with Crippen molar-refractivity contribution in [2.24, 2.45) is 13.0 Å². The van der Waals surface area contributed by atoms with E-state index in [4.69, 9.17) is 0 Å². The molecule has 1 aromatic rings. The topological polar surface area (TPSA) is 38.1 Å². The minimum absolute atomic E-state index is 0.747. The zero-order chi connectivity index (χ0) is 11.7. The van der Waals surface area contributed by atoms with Gasteiger partial charge in [-0.15, -0.1) is 0 Å². The summed E-state index contributed by atoms with van der Waals surface area (Å²) in [7, 11) is 1.91. The molecule has 1 aliphatic rings. The predicted molar refractivity (Wildman–Crippen MR) is 63.9 cm³/mol. The Bertz CT molecular complexity index is 389. The van der Waals surface area contributed by atoms with E-state index in [1.54, 1.807) is 0 Å². The van der Waals surface area contributed by atoms with Crippen LogP contribution >= 0.6 is 0 Å². The van der Waals surface area contributed by atoms with E-state index in [1.807, 2.05) is 18.7 Å². The third-order valence-corrected chi connectivity index (χ3v) is 3.44. The average molecular weight is 221 g/mol. The molecule has 0 bridgehead atoms. The number of aromatic nitrogens is 2. The van der Waals surface area contributed by atoms with Crippen LogP contribution in [0.4, 0.5) is 5.82 Å². The molecule has 1 fully saturated rings. The van der Waals surface area contributed by atoms with Gasteiger partial charge in [-0.25, -0.2) is 0 Å². The van der Waals surface area contributed by atoms with Crippen molar-refractivity contribution >= 4 is 12.1 Å². The highest BCUT2D eigenvalue weighted by atomic mass is 16.1. The van der Waals surface area contributed by atoms with Gasteiger partial charge in [0.25, 0.3) is 0 Å². The van der Waals surface area contributed by atoms with Crippen molar-refractivity contribution in [2.75, 3.05) is 18.0 Å². The number of rotatable bonds is 2. The highest BCUT2D eigenvalue weighted by molar-refractivity contribution is 5.84. The van der Waals surface area contributed by atoms with Crippen LogP contribution in [0.3, 0.4) is 0 Å². The number of anilines is 1. The average Bonchev–Trinajstić information content (AvgIpc) is 2.54. The second kappa shape index (κ2) is 4.28. The zero-order valence-electron chi connectivity index (χ0n) is 10.2. The number of piperidine rings is 1. The number of aryl methyl sites for hydroxylation is 2. The van der Waals surface area contributed by atoms with Gasteiger partial charge in [-0.3, -0.25) is 9.48 Å². The molecule has 0 saturated carbocycles. The first-order chi connectivity index (χ1) is 7.63. The molecular weight excluding hydrogens is 202 g/mol. The summed E-state index contributed by atoms with van der Waals surface area (Å²) in [6, 6.07) is 0. The molecule has 0 unspecified atom stereocenters. The summed E-state index contributed by atoms with van der Waals surface area (Å²) in [5.74, 6) is 1.78. The summed E-state index contributed by atoms with van der Waals surface area (Å²) in [4.78, 5) is 13.4. The molecule has 0 spiro atoms. The van der Waals surface area contributed by atoms with Crippen LogP contribution in [0.15, 0.2) is 0 Å². The molecule has 0 radical (unpaired) electrons. The van der Waals surface area contributed by atoms with Gasteiger partial charge >= 0.3 is 0 Å².